The first-order valence-electron chi connectivity index (χ1n) is 6.24. The number of halogens is 2. The zero-order chi connectivity index (χ0) is 15.4. The number of thioether (sulfide) groups is 1. The number of amides is 1. The number of benzene rings is 1. The fraction of sp³-hybridized carbons (Fsp3) is 0.308. The number of nitrogens with zero attached hydrogens (tertiary/aromatic N) is 3. The van der Waals surface area contributed by atoms with E-state index in [9.17, 15) is 13.6 Å². The summed E-state index contributed by atoms with van der Waals surface area (Å²) in [6.07, 6.45) is 1.58. The lowest BCUT2D eigenvalue weighted by Crippen LogP contribution is -2.16. The second-order valence-corrected chi connectivity index (χ2v) is 5.52. The maximum atomic E-state index is 13.4. The highest BCUT2D eigenvalue weighted by atomic mass is 32.2. The van der Waals surface area contributed by atoms with Gasteiger partial charge in [0.15, 0.2) is 5.16 Å². The largest absolute Gasteiger partial charge is 0.323 e. The number of aromatic nitrogens is 3. The second-order valence-electron chi connectivity index (χ2n) is 4.58. The molecular weight excluding hydrogens is 298 g/mol. The van der Waals surface area contributed by atoms with Crippen molar-refractivity contribution in [2.24, 2.45) is 0 Å². The van der Waals surface area contributed by atoms with Crippen molar-refractivity contribution in [2.75, 3.05) is 11.1 Å². The van der Waals surface area contributed by atoms with Crippen molar-refractivity contribution in [3.8, 4) is 0 Å². The lowest BCUT2D eigenvalue weighted by molar-refractivity contribution is -0.113. The smallest absolute Gasteiger partial charge is 0.234 e. The summed E-state index contributed by atoms with van der Waals surface area (Å²) < 4.78 is 28.2. The van der Waals surface area contributed by atoms with Crippen LogP contribution in [-0.4, -0.2) is 26.4 Å². The first kappa shape index (κ1) is 15.4. The highest BCUT2D eigenvalue weighted by Crippen LogP contribution is 2.20. The Bertz CT molecular complexity index is 645. The van der Waals surface area contributed by atoms with Crippen molar-refractivity contribution in [1.29, 1.82) is 0 Å². The summed E-state index contributed by atoms with van der Waals surface area (Å²) in [6, 6.07) is 3.07. The van der Waals surface area contributed by atoms with E-state index in [1.165, 1.54) is 11.8 Å². The molecule has 0 aliphatic heterocycles. The third-order valence-corrected chi connectivity index (χ3v) is 3.59. The van der Waals surface area contributed by atoms with Crippen LogP contribution in [0.2, 0.25) is 0 Å². The van der Waals surface area contributed by atoms with Crippen molar-refractivity contribution >= 4 is 23.4 Å². The van der Waals surface area contributed by atoms with Gasteiger partial charge in [0, 0.05) is 12.1 Å². The van der Waals surface area contributed by atoms with Gasteiger partial charge in [0.1, 0.15) is 18.0 Å². The van der Waals surface area contributed by atoms with Crippen LogP contribution < -0.4 is 5.32 Å². The quantitative estimate of drug-likeness (QED) is 0.863. The Labute approximate surface area is 124 Å². The van der Waals surface area contributed by atoms with E-state index in [0.717, 1.165) is 18.2 Å². The molecule has 8 heteroatoms. The lowest BCUT2D eigenvalue weighted by Gasteiger charge is -2.09. The highest BCUT2D eigenvalue weighted by molar-refractivity contribution is 7.99. The van der Waals surface area contributed by atoms with E-state index in [4.69, 9.17) is 0 Å². The topological polar surface area (TPSA) is 59.8 Å². The van der Waals surface area contributed by atoms with Gasteiger partial charge >= 0.3 is 0 Å². The number of carbonyl (C=O) groups is 1. The molecule has 1 N–H and O–H groups in total. The molecule has 1 aromatic heterocycles. The van der Waals surface area contributed by atoms with E-state index < -0.39 is 17.5 Å². The molecule has 0 atom stereocenters. The normalized spacial score (nSPS) is 10.9. The average molecular weight is 312 g/mol. The third-order valence-electron chi connectivity index (χ3n) is 2.63. The zero-order valence-electron chi connectivity index (χ0n) is 11.5. The van der Waals surface area contributed by atoms with E-state index in [1.807, 2.05) is 18.4 Å². The number of carbonyl (C=O) groups excluding carboxylic acids is 1. The minimum Gasteiger partial charge on any atom is -0.323 e. The Morgan fingerprint density at radius 3 is 2.90 bits per heavy atom. The minimum atomic E-state index is -0.680. The van der Waals surface area contributed by atoms with Gasteiger partial charge in [-0.1, -0.05) is 11.8 Å². The summed E-state index contributed by atoms with van der Waals surface area (Å²) in [5.41, 5.74) is -0.175. The molecule has 5 nitrogen and oxygen atoms in total. The molecular formula is C13H14F2N4OS. The number of hydrogen-bond acceptors (Lipinski definition) is 4. The molecule has 0 saturated heterocycles. The van der Waals surface area contributed by atoms with Gasteiger partial charge in [-0.3, -0.25) is 4.79 Å². The minimum absolute atomic E-state index is 0.0291. The van der Waals surface area contributed by atoms with Crippen LogP contribution in [0.1, 0.15) is 19.9 Å². The Hall–Kier alpha value is -1.96. The van der Waals surface area contributed by atoms with E-state index in [0.29, 0.717) is 5.16 Å². The van der Waals surface area contributed by atoms with Crippen LogP contribution in [-0.2, 0) is 4.79 Å². The van der Waals surface area contributed by atoms with Crippen molar-refractivity contribution in [2.45, 2.75) is 25.0 Å². The predicted molar refractivity (Wildman–Crippen MR) is 76.1 cm³/mol. The standard InChI is InChI=1S/C13H14F2N4OS/c1-8(2)19-7-16-18-13(19)21-6-12(20)17-11-5-9(14)3-4-10(11)15/h3-5,7-8H,6H2,1-2H3,(H,17,20). The number of rotatable bonds is 5. The molecule has 0 fully saturated rings. The first-order valence-corrected chi connectivity index (χ1v) is 7.23. The van der Waals surface area contributed by atoms with Crippen molar-refractivity contribution in [3.05, 3.63) is 36.2 Å². The van der Waals surface area contributed by atoms with Crippen LogP contribution in [0.15, 0.2) is 29.7 Å². The predicted octanol–water partition coefficient (Wildman–Crippen LogP) is 2.87. The lowest BCUT2D eigenvalue weighted by atomic mass is 10.3. The fourth-order valence-electron chi connectivity index (χ4n) is 1.60. The van der Waals surface area contributed by atoms with Gasteiger partial charge in [-0.25, -0.2) is 8.78 Å². The first-order chi connectivity index (χ1) is 9.97. The van der Waals surface area contributed by atoms with E-state index in [1.54, 1.807) is 6.33 Å². The molecule has 0 spiro atoms. The maximum absolute atomic E-state index is 13.4. The Kier molecular flexibility index (Phi) is 4.89. The molecule has 2 aromatic rings. The van der Waals surface area contributed by atoms with Crippen LogP contribution >= 0.6 is 11.8 Å². The van der Waals surface area contributed by atoms with Gasteiger partial charge in [-0.2, -0.15) is 0 Å². The molecule has 0 aliphatic carbocycles. The van der Waals surface area contributed by atoms with Crippen LogP contribution in [0.3, 0.4) is 0 Å². The van der Waals surface area contributed by atoms with Crippen molar-refractivity contribution < 1.29 is 13.6 Å². The highest BCUT2D eigenvalue weighted by Gasteiger charge is 2.12. The SMILES string of the molecule is CC(C)n1cnnc1SCC(=O)Nc1cc(F)ccc1F. The average Bonchev–Trinajstić information content (AvgIpc) is 2.89. The van der Waals surface area contributed by atoms with Gasteiger partial charge in [0.2, 0.25) is 5.91 Å². The monoisotopic (exact) mass is 312 g/mol. The number of hydrogen-bond donors (Lipinski definition) is 1. The Morgan fingerprint density at radius 1 is 1.43 bits per heavy atom. The van der Waals surface area contributed by atoms with Gasteiger partial charge in [-0.15, -0.1) is 10.2 Å². The number of anilines is 1. The van der Waals surface area contributed by atoms with Gasteiger partial charge in [-0.05, 0) is 26.0 Å². The van der Waals surface area contributed by atoms with Gasteiger partial charge in [0.25, 0.3) is 0 Å². The van der Waals surface area contributed by atoms with E-state index in [-0.39, 0.29) is 17.5 Å². The van der Waals surface area contributed by atoms with Crippen LogP contribution in [0.25, 0.3) is 0 Å². The molecule has 0 bridgehead atoms. The Morgan fingerprint density at radius 2 is 2.19 bits per heavy atom. The van der Waals surface area contributed by atoms with Crippen LogP contribution in [0.5, 0.6) is 0 Å². The van der Waals surface area contributed by atoms with Crippen LogP contribution in [0, 0.1) is 11.6 Å². The molecule has 1 amide bonds. The summed E-state index contributed by atoms with van der Waals surface area (Å²) in [4.78, 5) is 11.8. The van der Waals surface area contributed by atoms with Gasteiger partial charge in [0.05, 0.1) is 11.4 Å². The molecule has 1 heterocycles. The molecule has 2 rings (SSSR count). The van der Waals surface area contributed by atoms with Crippen molar-refractivity contribution in [1.82, 2.24) is 14.8 Å². The summed E-state index contributed by atoms with van der Waals surface area (Å²) in [5.74, 6) is -1.71. The van der Waals surface area contributed by atoms with Crippen molar-refractivity contribution in [3.63, 3.8) is 0 Å². The van der Waals surface area contributed by atoms with Crippen LogP contribution in [0.4, 0.5) is 14.5 Å². The van der Waals surface area contributed by atoms with E-state index in [2.05, 4.69) is 15.5 Å². The molecule has 0 radical (unpaired) electrons. The van der Waals surface area contributed by atoms with E-state index >= 15 is 0 Å². The molecule has 112 valence electrons. The molecule has 0 saturated carbocycles. The zero-order valence-corrected chi connectivity index (χ0v) is 12.3. The molecule has 21 heavy (non-hydrogen) atoms. The summed E-state index contributed by atoms with van der Waals surface area (Å²) >= 11 is 1.18. The summed E-state index contributed by atoms with van der Waals surface area (Å²) in [5, 5.41) is 10.6. The van der Waals surface area contributed by atoms with Gasteiger partial charge < -0.3 is 9.88 Å². The molecule has 0 unspecified atom stereocenters. The summed E-state index contributed by atoms with van der Waals surface area (Å²) in [7, 11) is 0. The third kappa shape index (κ3) is 4.01. The fourth-order valence-corrected chi connectivity index (χ4v) is 2.44. The Balaban J connectivity index is 1.96. The maximum Gasteiger partial charge on any atom is 0.234 e. The molecule has 0 aliphatic rings. The second kappa shape index (κ2) is 6.66. The summed E-state index contributed by atoms with van der Waals surface area (Å²) in [6.45, 7) is 3.94. The number of nitrogens with one attached hydrogen (secondary N) is 1. The molecule has 1 aromatic carbocycles.